The van der Waals surface area contributed by atoms with Gasteiger partial charge >= 0.3 is 142 Å². The van der Waals surface area contributed by atoms with Crippen molar-refractivity contribution in [2.24, 2.45) is 0 Å². The Morgan fingerprint density at radius 3 is 1.89 bits per heavy atom. The SMILES string of the molecule is Cc1cc(-c2[c-]ccc(-c3ccccc3)c2)nc[c]1[Ge]([CH3])([CH3])[CH3].Cc1cnc(-c2[c-]ccc3c2oc2cc(-c4ccccc4)ccc23)cc1C(C)C.[Ir]. The minimum atomic E-state index is -1.85. The summed E-state index contributed by atoms with van der Waals surface area (Å²) in [7, 11) is 0. The van der Waals surface area contributed by atoms with Gasteiger partial charge in [0.15, 0.2) is 0 Å². The molecule has 267 valence electrons. The van der Waals surface area contributed by atoms with E-state index >= 15 is 0 Å². The van der Waals surface area contributed by atoms with Crippen LogP contribution in [-0.2, 0) is 20.1 Å². The van der Waals surface area contributed by atoms with Crippen LogP contribution in [0, 0.1) is 26.0 Å². The number of pyridine rings is 2. The van der Waals surface area contributed by atoms with E-state index in [1.165, 1.54) is 37.8 Å². The molecule has 5 aromatic carbocycles. The molecule has 0 saturated carbocycles. The second-order valence-electron chi connectivity index (χ2n) is 14.8. The summed E-state index contributed by atoms with van der Waals surface area (Å²) < 4.78 is 7.84. The molecular formula is C48H44GeIrN2O-2. The maximum atomic E-state index is 6.36. The molecule has 0 saturated heterocycles. The fourth-order valence-electron chi connectivity index (χ4n) is 6.95. The summed E-state index contributed by atoms with van der Waals surface area (Å²) in [4.78, 5) is 9.41. The third-order valence-corrected chi connectivity index (χ3v) is 14.2. The number of aryl methyl sites for hydroxylation is 2. The first-order valence-corrected chi connectivity index (χ1v) is 25.3. The fraction of sp³-hybridized carbons (Fsp3) is 0.167. The number of aromatic nitrogens is 2. The first-order chi connectivity index (χ1) is 25.1. The van der Waals surface area contributed by atoms with Gasteiger partial charge in [0.1, 0.15) is 5.58 Å². The molecule has 0 amide bonds. The molecule has 0 unspecified atom stereocenters. The minimum absolute atomic E-state index is 0. The number of hydrogen-bond acceptors (Lipinski definition) is 3. The number of furan rings is 1. The Labute approximate surface area is 330 Å². The number of rotatable bonds is 6. The van der Waals surface area contributed by atoms with E-state index < -0.39 is 13.3 Å². The van der Waals surface area contributed by atoms with Crippen molar-refractivity contribution in [2.75, 3.05) is 0 Å². The van der Waals surface area contributed by atoms with Crippen LogP contribution in [0.1, 0.15) is 36.5 Å². The van der Waals surface area contributed by atoms with Crippen molar-refractivity contribution in [3.63, 3.8) is 0 Å². The third-order valence-electron chi connectivity index (χ3n) is 9.67. The van der Waals surface area contributed by atoms with Crippen molar-refractivity contribution >= 4 is 39.6 Å². The van der Waals surface area contributed by atoms with E-state index in [0.29, 0.717) is 5.92 Å². The molecule has 0 aliphatic carbocycles. The average molecular weight is 930 g/mol. The maximum absolute atomic E-state index is 6.36. The Hall–Kier alpha value is -4.61. The molecule has 3 nitrogen and oxygen atoms in total. The Morgan fingerprint density at radius 1 is 0.604 bits per heavy atom. The molecule has 3 heterocycles. The van der Waals surface area contributed by atoms with E-state index in [9.17, 15) is 0 Å². The molecule has 8 rings (SSSR count). The standard InChI is InChI=1S/C27H22NO.C21H22GeN.Ir/c1-17(2)24-15-25(28-16-18(24)3)23-11-7-10-22-21-13-12-20(14-26(21)29-27(22)23)19-8-5-4-6-9-19;1-16-13-21(23-15-20(16)22(2,3)4)19-12-8-11-18(14-19)17-9-6-5-7-10-17;/h4-10,12-17H,1-3H3;5-11,13-15H,1-4H3;/q2*-1;. The summed E-state index contributed by atoms with van der Waals surface area (Å²) in [5, 5.41) is 2.22. The van der Waals surface area contributed by atoms with Crippen LogP contribution in [0.4, 0.5) is 0 Å². The Balaban J connectivity index is 0.000000183. The van der Waals surface area contributed by atoms with Gasteiger partial charge in [-0.05, 0) is 46.9 Å². The zero-order chi connectivity index (χ0) is 36.4. The molecule has 3 aromatic heterocycles. The Kier molecular flexibility index (Phi) is 11.6. The monoisotopic (exact) mass is 931 g/mol. The van der Waals surface area contributed by atoms with Gasteiger partial charge in [-0.1, -0.05) is 73.3 Å². The zero-order valence-electron chi connectivity index (χ0n) is 31.4. The van der Waals surface area contributed by atoms with E-state index in [-0.39, 0.29) is 20.1 Å². The molecule has 0 spiro atoms. The van der Waals surface area contributed by atoms with Crippen LogP contribution in [0.25, 0.3) is 66.7 Å². The average Bonchev–Trinajstić information content (AvgIpc) is 3.54. The maximum Gasteiger partial charge on any atom is 0.121 e. The molecule has 0 N–H and O–H groups in total. The second kappa shape index (κ2) is 16.2. The molecule has 0 atom stereocenters. The van der Waals surface area contributed by atoms with Crippen LogP contribution in [0.5, 0.6) is 0 Å². The van der Waals surface area contributed by atoms with Crippen LogP contribution in [-0.4, -0.2) is 23.2 Å². The smallest absolute Gasteiger partial charge is 0.121 e. The molecule has 0 fully saturated rings. The molecule has 1 radical (unpaired) electrons. The topological polar surface area (TPSA) is 38.9 Å². The van der Waals surface area contributed by atoms with Crippen molar-refractivity contribution in [1.29, 1.82) is 0 Å². The van der Waals surface area contributed by atoms with Gasteiger partial charge in [-0.25, -0.2) is 0 Å². The van der Waals surface area contributed by atoms with Gasteiger partial charge in [-0.2, -0.15) is 0 Å². The number of fused-ring (bicyclic) bond motifs is 3. The predicted octanol–water partition coefficient (Wildman–Crippen LogP) is 12.6. The largest absolute Gasteiger partial charge is 0.501 e. The summed E-state index contributed by atoms with van der Waals surface area (Å²) in [6, 6.07) is 48.6. The first-order valence-electron chi connectivity index (χ1n) is 18.0. The van der Waals surface area contributed by atoms with Crippen LogP contribution in [0.15, 0.2) is 138 Å². The number of benzene rings is 5. The van der Waals surface area contributed by atoms with Gasteiger partial charge in [0, 0.05) is 31.7 Å². The molecule has 0 bridgehead atoms. The van der Waals surface area contributed by atoms with E-state index in [0.717, 1.165) is 50.0 Å². The van der Waals surface area contributed by atoms with Gasteiger partial charge in [-0.15, -0.1) is 18.2 Å². The van der Waals surface area contributed by atoms with Crippen molar-refractivity contribution in [1.82, 2.24) is 9.97 Å². The summed E-state index contributed by atoms with van der Waals surface area (Å²) in [6.07, 6.45) is 4.04. The van der Waals surface area contributed by atoms with Crippen molar-refractivity contribution in [3.05, 3.63) is 163 Å². The normalized spacial score (nSPS) is 11.3. The van der Waals surface area contributed by atoms with Gasteiger partial charge in [-0.3, -0.25) is 0 Å². The van der Waals surface area contributed by atoms with E-state index in [1.54, 1.807) is 0 Å². The molecule has 8 aromatic rings. The Bertz CT molecular complexity index is 2500. The van der Waals surface area contributed by atoms with Gasteiger partial charge in [0.2, 0.25) is 0 Å². The van der Waals surface area contributed by atoms with Crippen molar-refractivity contribution in [2.45, 2.75) is 50.9 Å². The predicted molar refractivity (Wildman–Crippen MR) is 222 cm³/mol. The molecule has 5 heteroatoms. The van der Waals surface area contributed by atoms with E-state index in [2.05, 4.69) is 165 Å². The van der Waals surface area contributed by atoms with Crippen LogP contribution < -0.4 is 4.40 Å². The summed E-state index contributed by atoms with van der Waals surface area (Å²) in [6.45, 7) is 8.74. The Morgan fingerprint density at radius 2 is 1.25 bits per heavy atom. The van der Waals surface area contributed by atoms with Gasteiger partial charge in [0.25, 0.3) is 0 Å². The molecular weight excluding hydrogens is 885 g/mol. The van der Waals surface area contributed by atoms with Gasteiger partial charge < -0.3 is 9.40 Å². The van der Waals surface area contributed by atoms with Crippen LogP contribution in [0.2, 0.25) is 17.3 Å². The fourth-order valence-corrected chi connectivity index (χ4v) is 10.5. The third kappa shape index (κ3) is 8.31. The summed E-state index contributed by atoms with van der Waals surface area (Å²) in [5.74, 6) is 7.67. The van der Waals surface area contributed by atoms with Crippen molar-refractivity contribution < 1.29 is 24.5 Å². The van der Waals surface area contributed by atoms with Crippen LogP contribution >= 0.6 is 0 Å². The summed E-state index contributed by atoms with van der Waals surface area (Å²) >= 11 is -1.85. The quantitative estimate of drug-likeness (QED) is 0.123. The summed E-state index contributed by atoms with van der Waals surface area (Å²) in [5.41, 5.74) is 14.3. The van der Waals surface area contributed by atoms with E-state index in [1.807, 2.05) is 30.5 Å². The first kappa shape index (κ1) is 38.1. The minimum Gasteiger partial charge on any atom is -0.501 e. The number of hydrogen-bond donors (Lipinski definition) is 0. The molecule has 0 aliphatic rings. The van der Waals surface area contributed by atoms with Gasteiger partial charge in [0.05, 0.1) is 5.58 Å². The van der Waals surface area contributed by atoms with E-state index in [4.69, 9.17) is 9.40 Å². The zero-order valence-corrected chi connectivity index (χ0v) is 35.9. The molecule has 0 aliphatic heterocycles. The number of nitrogens with zero attached hydrogens (tertiary/aromatic N) is 2. The van der Waals surface area contributed by atoms with Crippen molar-refractivity contribution in [3.8, 4) is 44.8 Å². The van der Waals surface area contributed by atoms with Crippen LogP contribution in [0.3, 0.4) is 0 Å². The molecule has 53 heavy (non-hydrogen) atoms. The second-order valence-corrected chi connectivity index (χ2v) is 25.4.